The first kappa shape index (κ1) is 10.4. The van der Waals surface area contributed by atoms with Gasteiger partial charge in [-0.3, -0.25) is 9.36 Å². The van der Waals surface area contributed by atoms with Gasteiger partial charge in [-0.1, -0.05) is 22.4 Å². The number of aryl methyl sites for hydroxylation is 1. The number of hydrogen-bond acceptors (Lipinski definition) is 2. The molecule has 0 aromatic carbocycles. The van der Waals surface area contributed by atoms with Crippen LogP contribution in [-0.2, 0) is 6.54 Å². The molecule has 0 aliphatic heterocycles. The third-order valence-corrected chi connectivity index (χ3v) is 2.39. The minimum atomic E-state index is 0.0360. The average molecular weight is 245 g/mol. The van der Waals surface area contributed by atoms with E-state index in [9.17, 15) is 4.79 Å². The van der Waals surface area contributed by atoms with E-state index in [2.05, 4.69) is 20.9 Å². The quantitative estimate of drug-likeness (QED) is 0.585. The molecule has 0 aliphatic rings. The molecule has 1 heterocycles. The van der Waals surface area contributed by atoms with Gasteiger partial charge in [0, 0.05) is 24.1 Å². The van der Waals surface area contributed by atoms with Crippen LogP contribution in [0.5, 0.6) is 0 Å². The van der Waals surface area contributed by atoms with Gasteiger partial charge in [0.1, 0.15) is 0 Å². The molecule has 0 fully saturated rings. The molecule has 0 saturated carbocycles. The number of halogens is 1. The molecule has 0 amide bonds. The second-order valence-corrected chi connectivity index (χ2v) is 3.65. The minimum absolute atomic E-state index is 0.0360. The fraction of sp³-hybridized carbons (Fsp3) is 0.556. The van der Waals surface area contributed by atoms with Crippen molar-refractivity contribution >= 4 is 15.9 Å². The van der Waals surface area contributed by atoms with Crippen LogP contribution < -0.4 is 5.56 Å². The lowest BCUT2D eigenvalue weighted by molar-refractivity contribution is 0.582. The second-order valence-electron chi connectivity index (χ2n) is 2.86. The summed E-state index contributed by atoms with van der Waals surface area (Å²) in [4.78, 5) is 15.1. The SMILES string of the molecule is O=c1ccncn1CCCCCBr. The maximum Gasteiger partial charge on any atom is 0.253 e. The van der Waals surface area contributed by atoms with Crippen LogP contribution in [0.2, 0.25) is 0 Å². The lowest BCUT2D eigenvalue weighted by atomic mass is 10.2. The molecule has 13 heavy (non-hydrogen) atoms. The molecule has 3 nitrogen and oxygen atoms in total. The van der Waals surface area contributed by atoms with Gasteiger partial charge in [0.2, 0.25) is 0 Å². The topological polar surface area (TPSA) is 34.9 Å². The highest BCUT2D eigenvalue weighted by molar-refractivity contribution is 9.09. The first-order valence-electron chi connectivity index (χ1n) is 4.41. The van der Waals surface area contributed by atoms with Crippen LogP contribution in [0, 0.1) is 0 Å². The molecular weight excluding hydrogens is 232 g/mol. The Balaban J connectivity index is 2.37. The predicted octanol–water partition coefficient (Wildman–Crippen LogP) is 1.81. The van der Waals surface area contributed by atoms with E-state index in [0.29, 0.717) is 0 Å². The summed E-state index contributed by atoms with van der Waals surface area (Å²) in [6.45, 7) is 0.777. The molecule has 0 radical (unpaired) electrons. The largest absolute Gasteiger partial charge is 0.299 e. The minimum Gasteiger partial charge on any atom is -0.299 e. The highest BCUT2D eigenvalue weighted by Crippen LogP contribution is 1.99. The van der Waals surface area contributed by atoms with Gasteiger partial charge in [0.25, 0.3) is 5.56 Å². The van der Waals surface area contributed by atoms with E-state index in [4.69, 9.17) is 0 Å². The lowest BCUT2D eigenvalue weighted by Crippen LogP contribution is -2.18. The van der Waals surface area contributed by atoms with Crippen molar-refractivity contribution in [3.05, 3.63) is 28.9 Å². The van der Waals surface area contributed by atoms with Gasteiger partial charge in [-0.15, -0.1) is 0 Å². The lowest BCUT2D eigenvalue weighted by Gasteiger charge is -2.02. The fourth-order valence-corrected chi connectivity index (χ4v) is 1.50. The normalized spacial score (nSPS) is 10.2. The molecule has 0 spiro atoms. The predicted molar refractivity (Wildman–Crippen MR) is 56.1 cm³/mol. The van der Waals surface area contributed by atoms with Crippen molar-refractivity contribution in [1.82, 2.24) is 9.55 Å². The van der Waals surface area contributed by atoms with Crippen molar-refractivity contribution in [2.75, 3.05) is 5.33 Å². The fourth-order valence-electron chi connectivity index (χ4n) is 1.10. The summed E-state index contributed by atoms with van der Waals surface area (Å²) < 4.78 is 1.65. The van der Waals surface area contributed by atoms with Gasteiger partial charge in [0.05, 0.1) is 6.33 Å². The van der Waals surface area contributed by atoms with Crippen LogP contribution in [0.1, 0.15) is 19.3 Å². The monoisotopic (exact) mass is 244 g/mol. The highest BCUT2D eigenvalue weighted by atomic mass is 79.9. The summed E-state index contributed by atoms with van der Waals surface area (Å²) in [6.07, 6.45) is 6.46. The Labute approximate surface area is 85.9 Å². The molecule has 0 N–H and O–H groups in total. The van der Waals surface area contributed by atoms with Gasteiger partial charge in [-0.05, 0) is 12.8 Å². The zero-order chi connectivity index (χ0) is 9.52. The van der Waals surface area contributed by atoms with Gasteiger partial charge in [-0.2, -0.15) is 0 Å². The summed E-state index contributed by atoms with van der Waals surface area (Å²) in [5, 5.41) is 1.04. The first-order valence-corrected chi connectivity index (χ1v) is 5.53. The third-order valence-electron chi connectivity index (χ3n) is 1.82. The zero-order valence-electron chi connectivity index (χ0n) is 7.45. The van der Waals surface area contributed by atoms with E-state index in [0.717, 1.165) is 31.1 Å². The Morgan fingerprint density at radius 3 is 2.92 bits per heavy atom. The smallest absolute Gasteiger partial charge is 0.253 e. The molecule has 1 rings (SSSR count). The van der Waals surface area contributed by atoms with E-state index in [-0.39, 0.29) is 5.56 Å². The number of alkyl halides is 1. The summed E-state index contributed by atoms with van der Waals surface area (Å²) in [5.41, 5.74) is 0.0360. The Morgan fingerprint density at radius 2 is 2.23 bits per heavy atom. The van der Waals surface area contributed by atoms with Crippen molar-refractivity contribution in [3.63, 3.8) is 0 Å². The van der Waals surface area contributed by atoms with Crippen molar-refractivity contribution in [2.24, 2.45) is 0 Å². The number of rotatable bonds is 5. The van der Waals surface area contributed by atoms with Gasteiger partial charge >= 0.3 is 0 Å². The van der Waals surface area contributed by atoms with E-state index in [1.807, 2.05) is 0 Å². The Hall–Kier alpha value is -0.640. The summed E-state index contributed by atoms with van der Waals surface area (Å²) in [7, 11) is 0. The van der Waals surface area contributed by atoms with Crippen LogP contribution in [0.15, 0.2) is 23.4 Å². The van der Waals surface area contributed by atoms with Crippen molar-refractivity contribution < 1.29 is 0 Å². The Bertz CT molecular complexity index is 298. The van der Waals surface area contributed by atoms with E-state index < -0.39 is 0 Å². The molecular formula is C9H13BrN2O. The summed E-state index contributed by atoms with van der Waals surface area (Å²) in [5.74, 6) is 0. The molecule has 0 unspecified atom stereocenters. The maximum absolute atomic E-state index is 11.2. The number of aromatic nitrogens is 2. The van der Waals surface area contributed by atoms with Crippen LogP contribution in [0.3, 0.4) is 0 Å². The van der Waals surface area contributed by atoms with Gasteiger partial charge in [0.15, 0.2) is 0 Å². The van der Waals surface area contributed by atoms with E-state index in [1.165, 1.54) is 12.3 Å². The Morgan fingerprint density at radius 1 is 1.38 bits per heavy atom. The second kappa shape index (κ2) is 5.91. The molecule has 0 bridgehead atoms. The molecule has 0 aliphatic carbocycles. The van der Waals surface area contributed by atoms with Crippen LogP contribution >= 0.6 is 15.9 Å². The van der Waals surface area contributed by atoms with E-state index >= 15 is 0 Å². The third kappa shape index (κ3) is 3.72. The highest BCUT2D eigenvalue weighted by Gasteiger charge is 1.93. The number of unbranched alkanes of at least 4 members (excludes halogenated alkanes) is 2. The molecule has 1 aromatic rings. The average Bonchev–Trinajstić information content (AvgIpc) is 2.15. The molecule has 4 heteroatoms. The zero-order valence-corrected chi connectivity index (χ0v) is 9.03. The van der Waals surface area contributed by atoms with Crippen LogP contribution in [-0.4, -0.2) is 14.9 Å². The standard InChI is InChI=1S/C9H13BrN2O/c10-5-2-1-3-7-12-8-11-6-4-9(12)13/h4,6,8H,1-3,5,7H2. The van der Waals surface area contributed by atoms with Crippen molar-refractivity contribution in [3.8, 4) is 0 Å². The molecule has 72 valence electrons. The maximum atomic E-state index is 11.2. The van der Waals surface area contributed by atoms with Gasteiger partial charge < -0.3 is 0 Å². The first-order chi connectivity index (χ1) is 6.34. The van der Waals surface area contributed by atoms with Crippen LogP contribution in [0.25, 0.3) is 0 Å². The van der Waals surface area contributed by atoms with E-state index in [1.54, 1.807) is 10.9 Å². The number of hydrogen-bond donors (Lipinski definition) is 0. The summed E-state index contributed by atoms with van der Waals surface area (Å²) in [6, 6.07) is 1.49. The van der Waals surface area contributed by atoms with Gasteiger partial charge in [-0.25, -0.2) is 4.98 Å². The molecule has 0 saturated heterocycles. The van der Waals surface area contributed by atoms with Crippen molar-refractivity contribution in [2.45, 2.75) is 25.8 Å². The van der Waals surface area contributed by atoms with Crippen molar-refractivity contribution in [1.29, 1.82) is 0 Å². The number of nitrogens with zero attached hydrogens (tertiary/aromatic N) is 2. The summed E-state index contributed by atoms with van der Waals surface area (Å²) >= 11 is 3.37. The van der Waals surface area contributed by atoms with Crippen LogP contribution in [0.4, 0.5) is 0 Å². The Kier molecular flexibility index (Phi) is 4.75. The molecule has 1 aromatic heterocycles. The molecule has 0 atom stereocenters.